The number of imidazole rings is 1. The molecular formula is C24H18F2N2O4. The fraction of sp³-hybridized carbons (Fsp3) is 0.0833. The van der Waals surface area contributed by atoms with Gasteiger partial charge in [0.15, 0.2) is 0 Å². The van der Waals surface area contributed by atoms with Crippen molar-refractivity contribution in [2.24, 2.45) is 0 Å². The molecule has 4 N–H and O–H groups in total. The molecule has 4 rings (SSSR count). The Labute approximate surface area is 181 Å². The van der Waals surface area contributed by atoms with Crippen LogP contribution in [0.15, 0.2) is 66.7 Å². The predicted octanol–water partition coefficient (Wildman–Crippen LogP) is 4.18. The van der Waals surface area contributed by atoms with Gasteiger partial charge in [0.05, 0.1) is 17.6 Å². The van der Waals surface area contributed by atoms with Gasteiger partial charge >= 0.3 is 0 Å². The molecule has 0 radical (unpaired) electrons. The van der Waals surface area contributed by atoms with Crippen molar-refractivity contribution in [2.45, 2.75) is 6.10 Å². The molecule has 0 aliphatic carbocycles. The van der Waals surface area contributed by atoms with Gasteiger partial charge in [-0.3, -0.25) is 4.79 Å². The molecule has 1 unspecified atom stereocenters. The van der Waals surface area contributed by atoms with Gasteiger partial charge in [-0.1, -0.05) is 36.4 Å². The molecule has 3 aromatic carbocycles. The van der Waals surface area contributed by atoms with E-state index in [1.165, 1.54) is 12.1 Å². The van der Waals surface area contributed by atoms with Gasteiger partial charge in [0, 0.05) is 17.2 Å². The number of nitrogens with zero attached hydrogens (tertiary/aromatic N) is 1. The molecule has 6 nitrogen and oxygen atoms in total. The van der Waals surface area contributed by atoms with E-state index < -0.39 is 35.9 Å². The molecular weight excluding hydrogens is 418 g/mol. The number of ketones is 1. The quantitative estimate of drug-likeness (QED) is 0.206. The second-order valence-corrected chi connectivity index (χ2v) is 7.10. The average molecular weight is 436 g/mol. The molecule has 0 fully saturated rings. The first-order valence-electron chi connectivity index (χ1n) is 9.66. The number of aromatic nitrogens is 2. The lowest BCUT2D eigenvalue weighted by atomic mass is 9.93. The number of carbonyl (C=O) groups excluding carboxylic acids is 1. The summed E-state index contributed by atoms with van der Waals surface area (Å²) < 4.78 is 27.6. The maximum atomic E-state index is 13.8. The minimum Gasteiger partial charge on any atom is -0.506 e. The Morgan fingerprint density at radius 2 is 1.66 bits per heavy atom. The van der Waals surface area contributed by atoms with Crippen LogP contribution in [0.25, 0.3) is 22.4 Å². The van der Waals surface area contributed by atoms with Crippen molar-refractivity contribution in [1.29, 1.82) is 0 Å². The van der Waals surface area contributed by atoms with E-state index in [1.54, 1.807) is 36.4 Å². The van der Waals surface area contributed by atoms with Gasteiger partial charge in [-0.25, -0.2) is 13.8 Å². The van der Waals surface area contributed by atoms with Crippen LogP contribution < -0.4 is 0 Å². The highest BCUT2D eigenvalue weighted by molar-refractivity contribution is 6.33. The van der Waals surface area contributed by atoms with Gasteiger partial charge in [-0.2, -0.15) is 0 Å². The van der Waals surface area contributed by atoms with Crippen LogP contribution in [0.1, 0.15) is 33.4 Å². The third kappa shape index (κ3) is 4.01. The highest BCUT2D eigenvalue weighted by Gasteiger charge is 2.27. The largest absolute Gasteiger partial charge is 0.506 e. The monoisotopic (exact) mass is 436 g/mol. The number of nitrogens with one attached hydrogen (secondary N) is 1. The van der Waals surface area contributed by atoms with E-state index >= 15 is 0 Å². The standard InChI is InChI=1S/C24H18F2N2O4/c25-14-9-13(10-15(26)11-14)22(31)21(24-27-18-7-3-4-8-19(18)28-24)23(32)17-6-2-1-5-16(17)20(30)12-29/h1-11,20,29-31H,12H2,(H,27,28)/b22-21-. The van der Waals surface area contributed by atoms with Gasteiger partial charge in [0.2, 0.25) is 5.78 Å². The normalized spacial score (nSPS) is 13.1. The zero-order valence-electron chi connectivity index (χ0n) is 16.6. The number of allylic oxidation sites excluding steroid dienone is 1. The van der Waals surface area contributed by atoms with Crippen LogP contribution in [0, 0.1) is 11.6 Å². The molecule has 0 saturated carbocycles. The topological polar surface area (TPSA) is 106 Å². The summed E-state index contributed by atoms with van der Waals surface area (Å²) in [7, 11) is 0. The Morgan fingerprint density at radius 3 is 2.34 bits per heavy atom. The van der Waals surface area contributed by atoms with Gasteiger partial charge in [-0.15, -0.1) is 0 Å². The summed E-state index contributed by atoms with van der Waals surface area (Å²) in [5, 5.41) is 30.5. The molecule has 8 heteroatoms. The minimum absolute atomic E-state index is 0.00655. The summed E-state index contributed by atoms with van der Waals surface area (Å²) in [6.45, 7) is -0.630. The number of Topliss-reactive ketones (excluding diaryl/α,β-unsaturated/α-hetero) is 1. The number of carbonyl (C=O) groups is 1. The third-order valence-corrected chi connectivity index (χ3v) is 4.96. The van der Waals surface area contributed by atoms with Crippen molar-refractivity contribution in [3.8, 4) is 0 Å². The number of benzene rings is 3. The first-order valence-corrected chi connectivity index (χ1v) is 9.66. The van der Waals surface area contributed by atoms with Gasteiger partial charge in [0.1, 0.15) is 34.9 Å². The zero-order chi connectivity index (χ0) is 22.8. The van der Waals surface area contributed by atoms with Crippen LogP contribution in [0.5, 0.6) is 0 Å². The lowest BCUT2D eigenvalue weighted by molar-refractivity contribution is 0.0923. The average Bonchev–Trinajstić information content (AvgIpc) is 3.21. The molecule has 0 aliphatic heterocycles. The van der Waals surface area contributed by atoms with E-state index in [-0.39, 0.29) is 28.1 Å². The Hall–Kier alpha value is -3.88. The molecule has 0 amide bonds. The summed E-state index contributed by atoms with van der Waals surface area (Å²) >= 11 is 0. The number of aliphatic hydroxyl groups is 3. The lowest BCUT2D eigenvalue weighted by Crippen LogP contribution is -2.13. The summed E-state index contributed by atoms with van der Waals surface area (Å²) in [5.74, 6) is -3.33. The van der Waals surface area contributed by atoms with Crippen molar-refractivity contribution < 1.29 is 28.9 Å². The number of halogens is 2. The van der Waals surface area contributed by atoms with Crippen molar-refractivity contribution >= 4 is 28.1 Å². The smallest absolute Gasteiger partial charge is 0.200 e. The summed E-state index contributed by atoms with van der Waals surface area (Å²) in [6, 6.07) is 15.3. The molecule has 162 valence electrons. The maximum absolute atomic E-state index is 13.8. The first-order chi connectivity index (χ1) is 15.4. The summed E-state index contributed by atoms with van der Waals surface area (Å²) in [6.07, 6.45) is -1.35. The van der Waals surface area contributed by atoms with E-state index in [2.05, 4.69) is 9.97 Å². The number of aliphatic hydroxyl groups excluding tert-OH is 3. The van der Waals surface area contributed by atoms with Gasteiger partial charge in [-0.05, 0) is 29.8 Å². The molecule has 0 aliphatic rings. The number of fused-ring (bicyclic) bond motifs is 1. The predicted molar refractivity (Wildman–Crippen MR) is 115 cm³/mol. The van der Waals surface area contributed by atoms with Crippen LogP contribution in [-0.4, -0.2) is 37.7 Å². The Bertz CT molecular complexity index is 1290. The third-order valence-electron chi connectivity index (χ3n) is 4.96. The first kappa shape index (κ1) is 21.4. The van der Waals surface area contributed by atoms with Crippen LogP contribution in [0.2, 0.25) is 0 Å². The summed E-state index contributed by atoms with van der Waals surface area (Å²) in [5.41, 5.74) is 0.611. The number of para-hydroxylation sites is 2. The highest BCUT2D eigenvalue weighted by Crippen LogP contribution is 2.31. The fourth-order valence-corrected chi connectivity index (χ4v) is 3.46. The van der Waals surface area contributed by atoms with E-state index in [0.717, 1.165) is 12.1 Å². The fourth-order valence-electron chi connectivity index (χ4n) is 3.46. The Balaban J connectivity index is 1.97. The molecule has 0 saturated heterocycles. The molecule has 0 spiro atoms. The molecule has 32 heavy (non-hydrogen) atoms. The van der Waals surface area contributed by atoms with Gasteiger partial charge < -0.3 is 20.3 Å². The van der Waals surface area contributed by atoms with Gasteiger partial charge in [0.25, 0.3) is 0 Å². The number of hydrogen-bond acceptors (Lipinski definition) is 5. The molecule has 1 aromatic heterocycles. The van der Waals surface area contributed by atoms with Crippen LogP contribution in [0.4, 0.5) is 8.78 Å². The maximum Gasteiger partial charge on any atom is 0.200 e. The number of hydrogen-bond donors (Lipinski definition) is 4. The van der Waals surface area contributed by atoms with Crippen LogP contribution >= 0.6 is 0 Å². The highest BCUT2D eigenvalue weighted by atomic mass is 19.1. The van der Waals surface area contributed by atoms with Crippen LogP contribution in [0.3, 0.4) is 0 Å². The molecule has 0 bridgehead atoms. The Kier molecular flexibility index (Phi) is 5.81. The minimum atomic E-state index is -1.35. The number of rotatable bonds is 6. The molecule has 1 atom stereocenters. The van der Waals surface area contributed by atoms with Crippen molar-refractivity contribution in [1.82, 2.24) is 9.97 Å². The number of aromatic amines is 1. The number of H-pyrrole nitrogens is 1. The van der Waals surface area contributed by atoms with E-state index in [1.807, 2.05) is 0 Å². The van der Waals surface area contributed by atoms with E-state index in [0.29, 0.717) is 17.1 Å². The Morgan fingerprint density at radius 1 is 1.00 bits per heavy atom. The molecule has 1 heterocycles. The second kappa shape index (κ2) is 8.70. The summed E-state index contributed by atoms with van der Waals surface area (Å²) in [4.78, 5) is 20.9. The van der Waals surface area contributed by atoms with Crippen molar-refractivity contribution in [3.05, 3.63) is 101 Å². The van der Waals surface area contributed by atoms with E-state index in [9.17, 15) is 28.9 Å². The van der Waals surface area contributed by atoms with Crippen molar-refractivity contribution in [2.75, 3.05) is 6.61 Å². The SMILES string of the molecule is O=C(/C(=C(/O)c1cc(F)cc(F)c1)c1nc2ccccc2[nH]1)c1ccccc1C(O)CO. The second-order valence-electron chi connectivity index (χ2n) is 7.10. The molecule has 4 aromatic rings. The van der Waals surface area contributed by atoms with Crippen molar-refractivity contribution in [3.63, 3.8) is 0 Å². The lowest BCUT2D eigenvalue weighted by Gasteiger charge is -2.15. The van der Waals surface area contributed by atoms with E-state index in [4.69, 9.17) is 0 Å². The zero-order valence-corrected chi connectivity index (χ0v) is 16.6. The van der Waals surface area contributed by atoms with Crippen LogP contribution in [-0.2, 0) is 0 Å².